The summed E-state index contributed by atoms with van der Waals surface area (Å²) < 4.78 is 15.7. The zero-order valence-electron chi connectivity index (χ0n) is 11.3. The number of ether oxygens (including phenoxy) is 3. The summed E-state index contributed by atoms with van der Waals surface area (Å²) in [5.41, 5.74) is 1.00. The van der Waals surface area contributed by atoms with E-state index in [0.717, 1.165) is 5.69 Å². The molecule has 4 nitrogen and oxygen atoms in total. The first-order valence-corrected chi connectivity index (χ1v) is 4.61. The fourth-order valence-electron chi connectivity index (χ4n) is 1.33. The Morgan fingerprint density at radius 1 is 0.889 bits per heavy atom. The molecule has 0 saturated heterocycles. The predicted octanol–water partition coefficient (Wildman–Crippen LogP) is -0.798. The van der Waals surface area contributed by atoms with Crippen molar-refractivity contribution in [2.75, 3.05) is 40.3 Å². The topological polar surface area (TPSA) is 30.9 Å². The molecule has 0 atom stereocenters. The number of hydrogen-bond donors (Lipinski definition) is 0. The van der Waals surface area contributed by atoms with Gasteiger partial charge >= 0.3 is 19.5 Å². The molecule has 0 aliphatic rings. The summed E-state index contributed by atoms with van der Waals surface area (Å²) in [5.74, 6) is 1.95. The Morgan fingerprint density at radius 2 is 1.28 bits per heavy atom. The van der Waals surface area contributed by atoms with Crippen molar-refractivity contribution in [2.24, 2.45) is 0 Å². The normalized spacial score (nSPS) is 8.06. The van der Waals surface area contributed by atoms with E-state index in [2.05, 4.69) is 0 Å². The van der Waals surface area contributed by atoms with Gasteiger partial charge in [0.1, 0.15) is 0 Å². The van der Waals surface area contributed by atoms with Gasteiger partial charge in [-0.3, -0.25) is 0 Å². The van der Waals surface area contributed by atoms with Gasteiger partial charge in [-0.1, -0.05) is 0 Å². The van der Waals surface area contributed by atoms with E-state index >= 15 is 0 Å². The van der Waals surface area contributed by atoms with Crippen molar-refractivity contribution in [3.8, 4) is 17.2 Å². The van der Waals surface area contributed by atoms with E-state index in [0.29, 0.717) is 17.2 Å². The minimum atomic E-state index is 0. The molecule has 0 unspecified atom stereocenters. The molecule has 0 aliphatic carbocycles. The molecule has 1 aromatic rings. The fraction of sp³-hybridized carbons (Fsp3) is 0.455. The van der Waals surface area contributed by atoms with Crippen molar-refractivity contribution in [3.63, 3.8) is 0 Å². The van der Waals surface area contributed by atoms with Crippen molar-refractivity contribution in [1.82, 2.24) is 0 Å². The third kappa shape index (κ3) is 5.09. The molecule has 100 valence electrons. The summed E-state index contributed by atoms with van der Waals surface area (Å²) in [4.78, 5) is 1.98. The molecule has 0 amide bonds. The van der Waals surface area contributed by atoms with Crippen molar-refractivity contribution in [1.29, 1.82) is 0 Å². The molecule has 0 heterocycles. The van der Waals surface area contributed by atoms with E-state index in [1.807, 2.05) is 31.1 Å². The zero-order chi connectivity index (χ0) is 11.4. The average molecular weight is 349 g/mol. The molecule has 7 heteroatoms. The summed E-state index contributed by atoms with van der Waals surface area (Å²) >= 11 is 0. The number of benzene rings is 1. The van der Waals surface area contributed by atoms with Crippen LogP contribution in [-0.2, 0) is 19.5 Å². The minimum absolute atomic E-state index is 0. The Bertz CT molecular complexity index is 326. The van der Waals surface area contributed by atoms with Gasteiger partial charge in [0.25, 0.3) is 0 Å². The van der Waals surface area contributed by atoms with E-state index in [-0.39, 0.29) is 44.3 Å². The van der Waals surface area contributed by atoms with Crippen LogP contribution < -0.4 is 31.5 Å². The van der Waals surface area contributed by atoms with Gasteiger partial charge < -0.3 is 31.5 Å². The van der Waals surface area contributed by atoms with Crippen LogP contribution in [0.2, 0.25) is 0 Å². The van der Waals surface area contributed by atoms with Gasteiger partial charge in [0.2, 0.25) is 5.75 Å². The van der Waals surface area contributed by atoms with E-state index < -0.39 is 0 Å². The van der Waals surface area contributed by atoms with Crippen molar-refractivity contribution < 1.29 is 46.1 Å². The maximum absolute atomic E-state index is 5.24. The van der Waals surface area contributed by atoms with Crippen LogP contribution in [0.4, 0.5) is 5.69 Å². The summed E-state index contributed by atoms with van der Waals surface area (Å²) in [6.07, 6.45) is 0. The number of halogens is 2. The first-order chi connectivity index (χ1) is 7.13. The largest absolute Gasteiger partial charge is 2.00 e. The zero-order valence-corrected chi connectivity index (χ0v) is 15.9. The van der Waals surface area contributed by atoms with Gasteiger partial charge in [-0.15, -0.1) is 12.4 Å². The Hall–Kier alpha value is -0.377. The number of anilines is 1. The molecule has 0 radical (unpaired) electrons. The van der Waals surface area contributed by atoms with Gasteiger partial charge in [0, 0.05) is 31.9 Å². The fourth-order valence-corrected chi connectivity index (χ4v) is 1.33. The summed E-state index contributed by atoms with van der Waals surface area (Å²) in [6.45, 7) is 0. The second-order valence-corrected chi connectivity index (χ2v) is 3.28. The monoisotopic (exact) mass is 346 g/mol. The first kappa shape index (κ1) is 22.8. The van der Waals surface area contributed by atoms with Crippen LogP contribution in [0.5, 0.6) is 17.2 Å². The quantitative estimate of drug-likeness (QED) is 0.667. The molecule has 18 heavy (non-hydrogen) atoms. The van der Waals surface area contributed by atoms with Crippen LogP contribution in [0.1, 0.15) is 0 Å². The summed E-state index contributed by atoms with van der Waals surface area (Å²) in [5, 5.41) is 0. The van der Waals surface area contributed by atoms with Gasteiger partial charge in [-0.2, -0.15) is 0 Å². The molecule has 0 saturated carbocycles. The molecule has 0 fully saturated rings. The van der Waals surface area contributed by atoms with Gasteiger partial charge in [0.15, 0.2) is 11.5 Å². The number of rotatable bonds is 4. The van der Waals surface area contributed by atoms with E-state index in [1.165, 1.54) is 0 Å². The van der Waals surface area contributed by atoms with Crippen LogP contribution in [0.3, 0.4) is 0 Å². The second kappa shape index (κ2) is 10.5. The SMILES string of the molecule is COc1cc(N(C)C)cc(OC)c1OC.Cl.[Cl-].[Zn+2]. The van der Waals surface area contributed by atoms with Crippen LogP contribution in [-0.4, -0.2) is 35.4 Å². The first-order valence-electron chi connectivity index (χ1n) is 4.61. The van der Waals surface area contributed by atoms with Crippen molar-refractivity contribution in [3.05, 3.63) is 12.1 Å². The Kier molecular flexibility index (Phi) is 13.3. The molecule has 1 rings (SSSR count). The smallest absolute Gasteiger partial charge is 1.00 e. The molecule has 1 aromatic carbocycles. The minimum Gasteiger partial charge on any atom is -1.00 e. The van der Waals surface area contributed by atoms with E-state index in [9.17, 15) is 0 Å². The molecule has 0 aliphatic heterocycles. The molecule has 0 aromatic heterocycles. The van der Waals surface area contributed by atoms with Crippen LogP contribution in [0.25, 0.3) is 0 Å². The molecule has 0 bridgehead atoms. The third-order valence-electron chi connectivity index (χ3n) is 2.17. The maximum Gasteiger partial charge on any atom is 2.00 e. The van der Waals surface area contributed by atoms with E-state index in [1.54, 1.807) is 21.3 Å². The van der Waals surface area contributed by atoms with E-state index in [4.69, 9.17) is 14.2 Å². The number of methoxy groups -OCH3 is 3. The number of hydrogen-bond acceptors (Lipinski definition) is 4. The Labute approximate surface area is 134 Å². The van der Waals surface area contributed by atoms with Crippen molar-refractivity contribution >= 4 is 18.1 Å². The average Bonchev–Trinajstić information content (AvgIpc) is 2.26. The maximum atomic E-state index is 5.24. The van der Waals surface area contributed by atoms with Gasteiger partial charge in [-0.25, -0.2) is 0 Å². The van der Waals surface area contributed by atoms with Crippen LogP contribution >= 0.6 is 12.4 Å². The van der Waals surface area contributed by atoms with Crippen LogP contribution in [0.15, 0.2) is 12.1 Å². The Morgan fingerprint density at radius 3 is 1.50 bits per heavy atom. The van der Waals surface area contributed by atoms with Gasteiger partial charge in [0.05, 0.1) is 21.3 Å². The van der Waals surface area contributed by atoms with Crippen molar-refractivity contribution in [2.45, 2.75) is 0 Å². The molecule has 0 N–H and O–H groups in total. The number of nitrogens with zero attached hydrogens (tertiary/aromatic N) is 1. The standard InChI is InChI=1S/C11H17NO3.2ClH.Zn/c1-12(2)8-6-9(13-3)11(15-5)10(7-8)14-4;;;/h6-7H,1-5H3;2*1H;/q;;;+2/p-1. The van der Waals surface area contributed by atoms with Gasteiger partial charge in [-0.05, 0) is 0 Å². The van der Waals surface area contributed by atoms with Crippen LogP contribution in [0, 0.1) is 0 Å². The third-order valence-corrected chi connectivity index (χ3v) is 2.17. The molecular formula is C11H18Cl2NO3Zn+. The molecular weight excluding hydrogens is 330 g/mol. The summed E-state index contributed by atoms with van der Waals surface area (Å²) in [7, 11) is 8.73. The molecule has 0 spiro atoms. The second-order valence-electron chi connectivity index (χ2n) is 3.28. The predicted molar refractivity (Wildman–Crippen MR) is 67.7 cm³/mol. The Balaban J connectivity index is -0.000000750. The summed E-state index contributed by atoms with van der Waals surface area (Å²) in [6, 6.07) is 3.81.